The first-order chi connectivity index (χ1) is 14.7. The second-order valence-corrected chi connectivity index (χ2v) is 7.02. The third-order valence-corrected chi connectivity index (χ3v) is 4.70. The SMILES string of the molecule is CCOc1ccc(CC(=O)NCc2cc(Cl)cc3cc(C(=O)O)c(=O)[nH]c23)c(F)c1F. The number of carbonyl (C=O) groups is 2. The summed E-state index contributed by atoms with van der Waals surface area (Å²) in [4.78, 5) is 37.9. The molecule has 10 heteroatoms. The van der Waals surface area contributed by atoms with Gasteiger partial charge < -0.3 is 20.1 Å². The van der Waals surface area contributed by atoms with Crippen LogP contribution >= 0.6 is 11.6 Å². The molecule has 0 bridgehead atoms. The molecule has 0 saturated carbocycles. The second kappa shape index (κ2) is 9.13. The summed E-state index contributed by atoms with van der Waals surface area (Å²) in [6.07, 6.45) is -0.423. The summed E-state index contributed by atoms with van der Waals surface area (Å²) in [5.74, 6) is -4.55. The van der Waals surface area contributed by atoms with Crippen molar-refractivity contribution < 1.29 is 28.2 Å². The van der Waals surface area contributed by atoms with Crippen LogP contribution in [-0.2, 0) is 17.8 Å². The normalized spacial score (nSPS) is 10.8. The Hall–Kier alpha value is -3.46. The number of benzene rings is 2. The Morgan fingerprint density at radius 3 is 2.58 bits per heavy atom. The summed E-state index contributed by atoms with van der Waals surface area (Å²) in [5.41, 5.74) is -0.672. The van der Waals surface area contributed by atoms with Crippen molar-refractivity contribution >= 4 is 34.4 Å². The van der Waals surface area contributed by atoms with Crippen molar-refractivity contribution in [3.8, 4) is 5.75 Å². The van der Waals surface area contributed by atoms with Crippen molar-refractivity contribution in [3.05, 3.63) is 74.0 Å². The van der Waals surface area contributed by atoms with Gasteiger partial charge in [-0.25, -0.2) is 9.18 Å². The quantitative estimate of drug-likeness (QED) is 0.511. The molecule has 0 fully saturated rings. The molecule has 0 atom stereocenters. The molecule has 31 heavy (non-hydrogen) atoms. The predicted molar refractivity (Wildman–Crippen MR) is 110 cm³/mol. The van der Waals surface area contributed by atoms with Gasteiger partial charge in [0, 0.05) is 22.5 Å². The Bertz CT molecular complexity index is 1240. The van der Waals surface area contributed by atoms with Crippen LogP contribution in [0.15, 0.2) is 35.1 Å². The molecule has 1 aromatic heterocycles. The first kappa shape index (κ1) is 22.2. The van der Waals surface area contributed by atoms with Crippen molar-refractivity contribution in [2.24, 2.45) is 0 Å². The second-order valence-electron chi connectivity index (χ2n) is 6.58. The zero-order valence-electron chi connectivity index (χ0n) is 16.2. The molecule has 1 amide bonds. The van der Waals surface area contributed by atoms with Gasteiger partial charge in [-0.2, -0.15) is 4.39 Å². The van der Waals surface area contributed by atoms with Crippen LogP contribution in [-0.4, -0.2) is 28.6 Å². The van der Waals surface area contributed by atoms with Gasteiger partial charge in [0.25, 0.3) is 5.56 Å². The van der Waals surface area contributed by atoms with Gasteiger partial charge in [-0.1, -0.05) is 17.7 Å². The zero-order valence-corrected chi connectivity index (χ0v) is 17.0. The number of hydrogen-bond acceptors (Lipinski definition) is 4. The lowest BCUT2D eigenvalue weighted by Crippen LogP contribution is -2.26. The Kier molecular flexibility index (Phi) is 6.55. The highest BCUT2D eigenvalue weighted by Gasteiger charge is 2.17. The van der Waals surface area contributed by atoms with E-state index >= 15 is 0 Å². The highest BCUT2D eigenvalue weighted by Crippen LogP contribution is 2.24. The van der Waals surface area contributed by atoms with E-state index in [0.29, 0.717) is 16.5 Å². The van der Waals surface area contributed by atoms with Crippen molar-refractivity contribution in [2.45, 2.75) is 19.9 Å². The molecule has 0 aliphatic carbocycles. The Morgan fingerprint density at radius 1 is 1.16 bits per heavy atom. The van der Waals surface area contributed by atoms with Crippen LogP contribution in [0.1, 0.15) is 28.4 Å². The molecule has 162 valence electrons. The number of aromatic carboxylic acids is 1. The fourth-order valence-corrected chi connectivity index (χ4v) is 3.31. The van der Waals surface area contributed by atoms with Crippen molar-refractivity contribution in [3.63, 3.8) is 0 Å². The van der Waals surface area contributed by atoms with Gasteiger partial charge in [0.15, 0.2) is 11.6 Å². The Labute approximate surface area is 179 Å². The molecular weight excluding hydrogens is 434 g/mol. The summed E-state index contributed by atoms with van der Waals surface area (Å²) < 4.78 is 33.1. The van der Waals surface area contributed by atoms with Crippen LogP contribution < -0.4 is 15.6 Å². The van der Waals surface area contributed by atoms with Crippen molar-refractivity contribution in [1.82, 2.24) is 10.3 Å². The summed E-state index contributed by atoms with van der Waals surface area (Å²) in [6.45, 7) is 1.72. The lowest BCUT2D eigenvalue weighted by atomic mass is 10.1. The fraction of sp³-hybridized carbons (Fsp3) is 0.190. The van der Waals surface area contributed by atoms with Gasteiger partial charge in [0.05, 0.1) is 18.5 Å². The fourth-order valence-electron chi connectivity index (χ4n) is 3.06. The molecule has 2 aromatic carbocycles. The number of hydrogen-bond donors (Lipinski definition) is 3. The first-order valence-electron chi connectivity index (χ1n) is 9.16. The number of nitrogens with one attached hydrogen (secondary N) is 2. The number of carboxylic acid groups (broad SMARTS) is 1. The van der Waals surface area contributed by atoms with E-state index in [1.54, 1.807) is 6.92 Å². The smallest absolute Gasteiger partial charge is 0.341 e. The maximum Gasteiger partial charge on any atom is 0.341 e. The minimum absolute atomic E-state index is 0.0839. The number of fused-ring (bicyclic) bond motifs is 1. The Morgan fingerprint density at radius 2 is 1.90 bits per heavy atom. The number of amides is 1. The summed E-state index contributed by atoms with van der Waals surface area (Å²) in [6, 6.07) is 6.68. The number of rotatable bonds is 7. The molecular formula is C21H17ClF2N2O5. The lowest BCUT2D eigenvalue weighted by Gasteiger charge is -2.11. The first-order valence-corrected chi connectivity index (χ1v) is 9.54. The molecule has 3 N–H and O–H groups in total. The average molecular weight is 451 g/mol. The van der Waals surface area contributed by atoms with Gasteiger partial charge in [0.2, 0.25) is 11.7 Å². The van der Waals surface area contributed by atoms with E-state index in [-0.39, 0.29) is 29.5 Å². The molecule has 1 heterocycles. The van der Waals surface area contributed by atoms with E-state index in [2.05, 4.69) is 10.3 Å². The van der Waals surface area contributed by atoms with Gasteiger partial charge in [-0.05, 0) is 36.8 Å². The van der Waals surface area contributed by atoms with E-state index in [9.17, 15) is 23.2 Å². The van der Waals surface area contributed by atoms with Crippen LogP contribution in [0.25, 0.3) is 10.9 Å². The standard InChI is InChI=1S/C21H17ClF2N2O5/c1-2-31-15-4-3-10(17(23)18(15)24)8-16(27)25-9-12-6-13(22)5-11-7-14(21(29)30)20(28)26-19(11)12/h3-7H,2,8-9H2,1H3,(H,25,27)(H,26,28)(H,29,30). The predicted octanol–water partition coefficient (Wildman–Crippen LogP) is 3.42. The van der Waals surface area contributed by atoms with Gasteiger partial charge >= 0.3 is 5.97 Å². The molecule has 7 nitrogen and oxygen atoms in total. The van der Waals surface area contributed by atoms with Crippen molar-refractivity contribution in [2.75, 3.05) is 6.61 Å². The minimum Gasteiger partial charge on any atom is -0.491 e. The highest BCUT2D eigenvalue weighted by atomic mass is 35.5. The molecule has 0 radical (unpaired) electrons. The molecule has 0 aliphatic heterocycles. The summed E-state index contributed by atoms with van der Waals surface area (Å²) in [5, 5.41) is 12.3. The molecule has 0 unspecified atom stereocenters. The number of carbonyl (C=O) groups excluding carboxylic acids is 1. The molecule has 3 rings (SSSR count). The zero-order chi connectivity index (χ0) is 22.7. The maximum atomic E-state index is 14.2. The van der Waals surface area contributed by atoms with Crippen LogP contribution in [0.3, 0.4) is 0 Å². The largest absolute Gasteiger partial charge is 0.491 e. The number of aromatic amines is 1. The number of halogens is 3. The summed E-state index contributed by atoms with van der Waals surface area (Å²) >= 11 is 6.06. The lowest BCUT2D eigenvalue weighted by molar-refractivity contribution is -0.120. The average Bonchev–Trinajstić information content (AvgIpc) is 2.71. The van der Waals surface area contributed by atoms with E-state index in [1.165, 1.54) is 30.3 Å². The van der Waals surface area contributed by atoms with Gasteiger partial charge in [-0.3, -0.25) is 9.59 Å². The topological polar surface area (TPSA) is 108 Å². The summed E-state index contributed by atoms with van der Waals surface area (Å²) in [7, 11) is 0. The number of ether oxygens (including phenoxy) is 1. The number of H-pyrrole nitrogens is 1. The Balaban J connectivity index is 1.80. The van der Waals surface area contributed by atoms with E-state index in [0.717, 1.165) is 0 Å². The van der Waals surface area contributed by atoms with Crippen LogP contribution in [0.5, 0.6) is 5.75 Å². The molecule has 3 aromatic rings. The van der Waals surface area contributed by atoms with Crippen LogP contribution in [0.4, 0.5) is 8.78 Å². The van der Waals surface area contributed by atoms with Crippen LogP contribution in [0, 0.1) is 11.6 Å². The number of carboxylic acids is 1. The van der Waals surface area contributed by atoms with E-state index in [1.807, 2.05) is 0 Å². The van der Waals surface area contributed by atoms with E-state index < -0.39 is 41.1 Å². The van der Waals surface area contributed by atoms with Crippen molar-refractivity contribution in [1.29, 1.82) is 0 Å². The molecule has 0 aliphatic rings. The monoisotopic (exact) mass is 450 g/mol. The van der Waals surface area contributed by atoms with Crippen LogP contribution in [0.2, 0.25) is 5.02 Å². The van der Waals surface area contributed by atoms with Gasteiger partial charge in [0.1, 0.15) is 5.56 Å². The molecule has 0 spiro atoms. The third kappa shape index (κ3) is 4.83. The third-order valence-electron chi connectivity index (χ3n) is 4.48. The minimum atomic E-state index is -1.39. The number of pyridine rings is 1. The highest BCUT2D eigenvalue weighted by molar-refractivity contribution is 6.31. The van der Waals surface area contributed by atoms with E-state index in [4.69, 9.17) is 21.4 Å². The molecule has 0 saturated heterocycles. The van der Waals surface area contributed by atoms with Gasteiger partial charge in [-0.15, -0.1) is 0 Å². The maximum absolute atomic E-state index is 14.2. The number of aromatic nitrogens is 1.